The zero-order chi connectivity index (χ0) is 24.4. The van der Waals surface area contributed by atoms with Gasteiger partial charge in [-0.2, -0.15) is 0 Å². The van der Waals surface area contributed by atoms with Gasteiger partial charge in [0.1, 0.15) is 11.4 Å². The molecule has 2 aromatic carbocycles. The average molecular weight is 488 g/mol. The summed E-state index contributed by atoms with van der Waals surface area (Å²) in [6.07, 6.45) is 3.98. The Labute approximate surface area is 209 Å². The van der Waals surface area contributed by atoms with Gasteiger partial charge in [-0.3, -0.25) is 4.90 Å². The van der Waals surface area contributed by atoms with E-state index in [0.29, 0.717) is 16.5 Å². The van der Waals surface area contributed by atoms with E-state index in [1.165, 1.54) is 5.56 Å². The summed E-state index contributed by atoms with van der Waals surface area (Å²) < 4.78 is 7.27. The summed E-state index contributed by atoms with van der Waals surface area (Å²) in [5.74, 6) is 0.532. The van der Waals surface area contributed by atoms with E-state index in [9.17, 15) is 5.11 Å². The quantitative estimate of drug-likeness (QED) is 0.387. The number of aliphatic hydroxyl groups excluding tert-OH is 1. The van der Waals surface area contributed by atoms with Crippen molar-refractivity contribution in [3.8, 4) is 17.0 Å². The molecular formula is C27H26ClN5O2. The van der Waals surface area contributed by atoms with Crippen LogP contribution in [-0.4, -0.2) is 52.7 Å². The lowest BCUT2D eigenvalue weighted by atomic mass is 10.1. The maximum absolute atomic E-state index is 9.86. The van der Waals surface area contributed by atoms with E-state index in [4.69, 9.17) is 27.9 Å². The van der Waals surface area contributed by atoms with E-state index in [0.717, 1.165) is 60.9 Å². The van der Waals surface area contributed by atoms with Crippen LogP contribution >= 0.6 is 11.6 Å². The zero-order valence-electron chi connectivity index (χ0n) is 19.5. The first kappa shape index (κ1) is 23.2. The number of piperazine rings is 1. The van der Waals surface area contributed by atoms with Gasteiger partial charge in [-0.25, -0.2) is 9.83 Å². The number of methoxy groups -OCH3 is 1. The van der Waals surface area contributed by atoms with E-state index in [1.807, 2.05) is 41.1 Å². The van der Waals surface area contributed by atoms with Crippen LogP contribution in [0.25, 0.3) is 21.7 Å². The molecule has 1 saturated heterocycles. The summed E-state index contributed by atoms with van der Waals surface area (Å²) in [5, 5.41) is 10.3. The molecule has 35 heavy (non-hydrogen) atoms. The smallest absolute Gasteiger partial charge is 0.187 e. The van der Waals surface area contributed by atoms with Crippen molar-refractivity contribution in [2.45, 2.75) is 13.2 Å². The Morgan fingerprint density at radius 1 is 1.09 bits per heavy atom. The Morgan fingerprint density at radius 2 is 1.86 bits per heavy atom. The molecule has 1 N–H and O–H groups in total. The Kier molecular flexibility index (Phi) is 6.60. The lowest BCUT2D eigenvalue weighted by Gasteiger charge is -2.36. The molecule has 0 radical (unpaired) electrons. The predicted molar refractivity (Wildman–Crippen MR) is 138 cm³/mol. The Bertz CT molecular complexity index is 1390. The average Bonchev–Trinajstić information content (AvgIpc) is 3.33. The number of imidazole rings is 1. The topological polar surface area (TPSA) is 57.6 Å². The number of ether oxygens (including phenoxy) is 1. The lowest BCUT2D eigenvalue weighted by molar-refractivity contribution is 0.250. The minimum absolute atomic E-state index is 0.129. The van der Waals surface area contributed by atoms with Crippen molar-refractivity contribution in [1.29, 1.82) is 0 Å². The van der Waals surface area contributed by atoms with Crippen LogP contribution in [0.1, 0.15) is 11.1 Å². The third-order valence-electron chi connectivity index (χ3n) is 6.48. The van der Waals surface area contributed by atoms with E-state index in [2.05, 4.69) is 26.8 Å². The molecule has 2 aromatic heterocycles. The molecule has 0 amide bonds. The summed E-state index contributed by atoms with van der Waals surface area (Å²) in [7, 11) is 1.56. The Balaban J connectivity index is 1.30. The highest BCUT2D eigenvalue weighted by Gasteiger charge is 2.19. The number of hydrogen-bond acceptors (Lipinski definition) is 5. The summed E-state index contributed by atoms with van der Waals surface area (Å²) >= 11 is 6.35. The van der Waals surface area contributed by atoms with Crippen molar-refractivity contribution in [3.05, 3.63) is 88.5 Å². The third kappa shape index (κ3) is 4.82. The molecule has 1 fully saturated rings. The molecule has 0 atom stereocenters. The highest BCUT2D eigenvalue weighted by molar-refractivity contribution is 6.32. The molecule has 8 heteroatoms. The summed E-state index contributed by atoms with van der Waals surface area (Å²) in [6, 6.07) is 15.6. The molecule has 0 unspecified atom stereocenters. The first-order valence-electron chi connectivity index (χ1n) is 11.5. The molecule has 4 aromatic rings. The fraction of sp³-hybridized carbons (Fsp3) is 0.259. The number of anilines is 1. The van der Waals surface area contributed by atoms with Gasteiger partial charge in [-0.1, -0.05) is 35.9 Å². The van der Waals surface area contributed by atoms with Gasteiger partial charge in [-0.05, 0) is 29.3 Å². The number of aromatic nitrogens is 2. The number of pyridine rings is 1. The summed E-state index contributed by atoms with van der Waals surface area (Å²) in [4.78, 5) is 13.1. The number of fused-ring (bicyclic) bond motifs is 1. The van der Waals surface area contributed by atoms with E-state index >= 15 is 0 Å². The first-order valence-corrected chi connectivity index (χ1v) is 11.9. The van der Waals surface area contributed by atoms with Crippen molar-refractivity contribution >= 4 is 28.6 Å². The molecule has 0 saturated carbocycles. The zero-order valence-corrected chi connectivity index (χ0v) is 20.2. The Hall–Kier alpha value is -3.57. The molecule has 178 valence electrons. The maximum Gasteiger partial charge on any atom is 0.187 e. The second-order valence-corrected chi connectivity index (χ2v) is 9.03. The van der Waals surface area contributed by atoms with Crippen LogP contribution in [0, 0.1) is 6.57 Å². The number of nitrogens with zero attached hydrogens (tertiary/aromatic N) is 5. The van der Waals surface area contributed by atoms with Gasteiger partial charge in [0.2, 0.25) is 0 Å². The minimum Gasteiger partial charge on any atom is -0.495 e. The second-order valence-electron chi connectivity index (χ2n) is 8.62. The fourth-order valence-corrected chi connectivity index (χ4v) is 4.76. The number of aliphatic hydroxyl groups is 1. The Morgan fingerprint density at radius 3 is 2.54 bits per heavy atom. The molecule has 0 aliphatic carbocycles. The van der Waals surface area contributed by atoms with Crippen LogP contribution in [0.2, 0.25) is 5.02 Å². The van der Waals surface area contributed by atoms with Gasteiger partial charge in [-0.15, -0.1) is 0 Å². The molecular weight excluding hydrogens is 462 g/mol. The highest BCUT2D eigenvalue weighted by atomic mass is 35.5. The van der Waals surface area contributed by atoms with Gasteiger partial charge < -0.3 is 19.1 Å². The minimum atomic E-state index is -0.129. The van der Waals surface area contributed by atoms with Gasteiger partial charge in [0.15, 0.2) is 5.69 Å². The maximum atomic E-state index is 9.86. The van der Waals surface area contributed by atoms with Crippen molar-refractivity contribution < 1.29 is 9.84 Å². The fourth-order valence-electron chi connectivity index (χ4n) is 4.52. The van der Waals surface area contributed by atoms with Gasteiger partial charge in [0.05, 0.1) is 31.0 Å². The SMILES string of the molecule is [C-]#[N+]c1ccc(CN2CCN(c3ccn4cc(-c5cc(Cl)c(OC)cc5CO)nc4c3)CC2)cc1. The summed E-state index contributed by atoms with van der Waals surface area (Å²) in [6.45, 7) is 11.7. The molecule has 0 bridgehead atoms. The number of benzene rings is 2. The standard InChI is InChI=1S/C27H26ClN5O2/c1-29-21-5-3-19(4-6-21)16-31-9-11-32(12-10-31)22-7-8-33-17-25(30-27(33)14-22)23-15-24(28)26(35-2)13-20(23)18-34/h3-8,13-15,17,34H,9-12,16,18H2,2H3. The number of rotatable bonds is 6. The van der Waals surface area contributed by atoms with E-state index in [-0.39, 0.29) is 6.61 Å². The van der Waals surface area contributed by atoms with E-state index in [1.54, 1.807) is 19.2 Å². The normalized spacial score (nSPS) is 14.3. The van der Waals surface area contributed by atoms with Crippen molar-refractivity contribution in [1.82, 2.24) is 14.3 Å². The molecule has 3 heterocycles. The van der Waals surface area contributed by atoms with Crippen LogP contribution in [-0.2, 0) is 13.2 Å². The number of halogens is 1. The summed E-state index contributed by atoms with van der Waals surface area (Å²) in [5.41, 5.74) is 6.17. The van der Waals surface area contributed by atoms with Crippen LogP contribution in [0.15, 0.2) is 60.9 Å². The third-order valence-corrected chi connectivity index (χ3v) is 6.77. The number of hydrogen-bond donors (Lipinski definition) is 1. The van der Waals surface area contributed by atoms with Crippen LogP contribution < -0.4 is 9.64 Å². The monoisotopic (exact) mass is 487 g/mol. The van der Waals surface area contributed by atoms with Gasteiger partial charge in [0.25, 0.3) is 0 Å². The van der Waals surface area contributed by atoms with Crippen molar-refractivity contribution in [3.63, 3.8) is 0 Å². The van der Waals surface area contributed by atoms with Crippen LogP contribution in [0.5, 0.6) is 5.75 Å². The van der Waals surface area contributed by atoms with Gasteiger partial charge in [0, 0.05) is 62.4 Å². The van der Waals surface area contributed by atoms with Crippen molar-refractivity contribution in [2.75, 3.05) is 38.2 Å². The molecule has 0 spiro atoms. The predicted octanol–water partition coefficient (Wildman–Crippen LogP) is 5.03. The second kappa shape index (κ2) is 9.96. The van der Waals surface area contributed by atoms with Gasteiger partial charge >= 0.3 is 0 Å². The molecule has 1 aliphatic rings. The molecule has 7 nitrogen and oxygen atoms in total. The van der Waals surface area contributed by atoms with Crippen molar-refractivity contribution in [2.24, 2.45) is 0 Å². The lowest BCUT2D eigenvalue weighted by Crippen LogP contribution is -2.45. The van der Waals surface area contributed by atoms with E-state index < -0.39 is 0 Å². The van der Waals surface area contributed by atoms with Crippen LogP contribution in [0.3, 0.4) is 0 Å². The first-order chi connectivity index (χ1) is 17.1. The molecule has 1 aliphatic heterocycles. The largest absolute Gasteiger partial charge is 0.495 e. The highest BCUT2D eigenvalue weighted by Crippen LogP contribution is 2.34. The molecule has 5 rings (SSSR count). The van der Waals surface area contributed by atoms with Crippen LogP contribution in [0.4, 0.5) is 11.4 Å².